The van der Waals surface area contributed by atoms with Gasteiger partial charge >= 0.3 is 0 Å². The number of aliphatic hydroxyl groups excluding tert-OH is 1. The molecule has 8 heteroatoms. The number of carbonyl (C=O) groups is 3. The normalized spacial score (nSPS) is 23.2. The Kier molecular flexibility index (Phi) is 10.7. The van der Waals surface area contributed by atoms with Crippen LogP contribution < -0.4 is 5.32 Å². The van der Waals surface area contributed by atoms with Gasteiger partial charge in [0.2, 0.25) is 17.7 Å². The van der Waals surface area contributed by atoms with Crippen molar-refractivity contribution in [2.45, 2.75) is 62.1 Å². The van der Waals surface area contributed by atoms with E-state index in [2.05, 4.69) is 16.8 Å². The summed E-state index contributed by atoms with van der Waals surface area (Å²) in [6.45, 7) is 7.80. The molecule has 252 valence electrons. The number of amides is 3. The molecule has 3 heterocycles. The van der Waals surface area contributed by atoms with Gasteiger partial charge in [-0.1, -0.05) is 97.1 Å². The second kappa shape index (κ2) is 15.3. The van der Waals surface area contributed by atoms with Crippen molar-refractivity contribution in [1.82, 2.24) is 20.0 Å². The standard InChI is InChI=1S/C40H48N4O4/c1-2-22-42-23-12-14-30(28-42)27-41-38(47)35-21-13-24-43(35)39(48)36-25-34(45)29-44(36)37(46)26-40(31-15-6-3-7-16-31,32-17-8-4-9-18-32)33-19-10-5-11-20-33/h2-11,15-20,30,34-36,45H,1,12-14,21-29H2,(H,41,47)/t30-,34-,35-,36+/m1/s1. The molecule has 2 N–H and O–H groups in total. The Balaban J connectivity index is 1.22. The van der Waals surface area contributed by atoms with E-state index in [-0.39, 0.29) is 37.1 Å². The number of likely N-dealkylation sites (tertiary alicyclic amines) is 3. The van der Waals surface area contributed by atoms with E-state index in [1.165, 1.54) is 0 Å². The Labute approximate surface area is 284 Å². The molecule has 0 bridgehead atoms. The van der Waals surface area contributed by atoms with Gasteiger partial charge in [0.1, 0.15) is 12.1 Å². The summed E-state index contributed by atoms with van der Waals surface area (Å²) in [5.74, 6) is -0.222. The zero-order valence-electron chi connectivity index (χ0n) is 27.8. The van der Waals surface area contributed by atoms with Crippen molar-refractivity contribution in [2.24, 2.45) is 5.92 Å². The SMILES string of the molecule is C=CCN1CCC[C@H](CNC(=O)[C@H]2CCCN2C(=O)[C@@H]2C[C@@H](O)CN2C(=O)CC(c2ccccc2)(c2ccccc2)c2ccccc2)C1. The van der Waals surface area contributed by atoms with Crippen LogP contribution in [0.2, 0.25) is 0 Å². The van der Waals surface area contributed by atoms with E-state index >= 15 is 0 Å². The van der Waals surface area contributed by atoms with Gasteiger partial charge in [-0.25, -0.2) is 0 Å². The minimum absolute atomic E-state index is 0.0791. The van der Waals surface area contributed by atoms with Crippen molar-refractivity contribution < 1.29 is 19.5 Å². The number of nitrogens with one attached hydrogen (secondary N) is 1. The molecule has 3 saturated heterocycles. The number of benzene rings is 3. The van der Waals surface area contributed by atoms with Gasteiger partial charge in [0.05, 0.1) is 11.5 Å². The Morgan fingerprint density at radius 2 is 1.38 bits per heavy atom. The third kappa shape index (κ3) is 7.10. The number of hydrogen-bond donors (Lipinski definition) is 2. The van der Waals surface area contributed by atoms with Gasteiger partial charge in [0.25, 0.3) is 0 Å². The molecule has 3 aliphatic heterocycles. The Bertz CT molecular complexity index is 1450. The molecule has 0 saturated carbocycles. The van der Waals surface area contributed by atoms with Gasteiger partial charge < -0.3 is 20.2 Å². The first-order chi connectivity index (χ1) is 23.4. The molecule has 3 aromatic carbocycles. The number of piperidine rings is 1. The topological polar surface area (TPSA) is 93.2 Å². The van der Waals surface area contributed by atoms with E-state index in [1.54, 1.807) is 9.80 Å². The van der Waals surface area contributed by atoms with Crippen molar-refractivity contribution in [3.05, 3.63) is 120 Å². The first kappa shape index (κ1) is 33.6. The summed E-state index contributed by atoms with van der Waals surface area (Å²) in [5, 5.41) is 14.0. The minimum atomic E-state index is -0.827. The molecule has 48 heavy (non-hydrogen) atoms. The molecule has 3 aliphatic rings. The van der Waals surface area contributed by atoms with Gasteiger partial charge in [0.15, 0.2) is 0 Å². The zero-order chi connectivity index (χ0) is 33.5. The first-order valence-corrected chi connectivity index (χ1v) is 17.5. The smallest absolute Gasteiger partial charge is 0.246 e. The minimum Gasteiger partial charge on any atom is -0.391 e. The molecule has 0 radical (unpaired) electrons. The second-order valence-corrected chi connectivity index (χ2v) is 13.6. The molecule has 4 atom stereocenters. The van der Waals surface area contributed by atoms with Crippen molar-refractivity contribution >= 4 is 17.7 Å². The van der Waals surface area contributed by atoms with E-state index in [9.17, 15) is 19.5 Å². The van der Waals surface area contributed by atoms with E-state index in [1.807, 2.05) is 97.1 Å². The highest BCUT2D eigenvalue weighted by molar-refractivity contribution is 5.93. The number of rotatable bonds is 11. The lowest BCUT2D eigenvalue weighted by Gasteiger charge is -2.38. The lowest BCUT2D eigenvalue weighted by atomic mass is 9.67. The predicted molar refractivity (Wildman–Crippen MR) is 187 cm³/mol. The largest absolute Gasteiger partial charge is 0.391 e. The van der Waals surface area contributed by atoms with Crippen molar-refractivity contribution in [3.8, 4) is 0 Å². The van der Waals surface area contributed by atoms with E-state index in [0.717, 1.165) is 55.6 Å². The molecule has 0 spiro atoms. The number of aliphatic hydroxyl groups is 1. The van der Waals surface area contributed by atoms with Gasteiger partial charge in [0, 0.05) is 45.6 Å². The number of β-amino-alcohol motifs (C(OH)–C–C–N with tert-alkyl or cyclic N) is 1. The molecule has 0 unspecified atom stereocenters. The van der Waals surface area contributed by atoms with E-state index in [0.29, 0.717) is 25.4 Å². The summed E-state index contributed by atoms with van der Waals surface area (Å²) in [7, 11) is 0. The van der Waals surface area contributed by atoms with E-state index in [4.69, 9.17) is 0 Å². The molecule has 8 nitrogen and oxygen atoms in total. The summed E-state index contributed by atoms with van der Waals surface area (Å²) in [6.07, 6.45) is 4.81. The summed E-state index contributed by atoms with van der Waals surface area (Å²) < 4.78 is 0. The fraction of sp³-hybridized carbons (Fsp3) is 0.425. The quantitative estimate of drug-likeness (QED) is 0.238. The molecule has 0 aliphatic carbocycles. The highest BCUT2D eigenvalue weighted by atomic mass is 16.3. The van der Waals surface area contributed by atoms with Crippen LogP contribution in [0.5, 0.6) is 0 Å². The van der Waals surface area contributed by atoms with Crippen LogP contribution in [0.15, 0.2) is 104 Å². The van der Waals surface area contributed by atoms with Crippen molar-refractivity contribution in [2.75, 3.05) is 39.3 Å². The molecule has 3 fully saturated rings. The van der Waals surface area contributed by atoms with Crippen LogP contribution in [0, 0.1) is 5.92 Å². The summed E-state index contributed by atoms with van der Waals surface area (Å²) >= 11 is 0. The number of carbonyl (C=O) groups excluding carboxylic acids is 3. The molecule has 3 amide bonds. The molecule has 3 aromatic rings. The number of hydrogen-bond acceptors (Lipinski definition) is 5. The fourth-order valence-electron chi connectivity index (χ4n) is 8.15. The maximum absolute atomic E-state index is 14.6. The average molecular weight is 649 g/mol. The Morgan fingerprint density at radius 3 is 1.96 bits per heavy atom. The molecule has 0 aromatic heterocycles. The highest BCUT2D eigenvalue weighted by Crippen LogP contribution is 2.43. The van der Waals surface area contributed by atoms with Crippen LogP contribution in [0.25, 0.3) is 0 Å². The summed E-state index contributed by atoms with van der Waals surface area (Å²) in [6, 6.07) is 28.7. The summed E-state index contributed by atoms with van der Waals surface area (Å²) in [5.41, 5.74) is 2.10. The third-order valence-corrected chi connectivity index (χ3v) is 10.5. The van der Waals surface area contributed by atoms with Crippen LogP contribution in [0.4, 0.5) is 0 Å². The first-order valence-electron chi connectivity index (χ1n) is 17.5. The monoisotopic (exact) mass is 648 g/mol. The Hall–Kier alpha value is -4.27. The number of nitrogens with zero attached hydrogens (tertiary/aromatic N) is 3. The third-order valence-electron chi connectivity index (χ3n) is 10.5. The van der Waals surface area contributed by atoms with Crippen LogP contribution in [0.1, 0.15) is 55.2 Å². The van der Waals surface area contributed by atoms with Crippen LogP contribution in [0.3, 0.4) is 0 Å². The zero-order valence-corrected chi connectivity index (χ0v) is 27.8. The molecule has 6 rings (SSSR count). The van der Waals surface area contributed by atoms with Crippen LogP contribution >= 0.6 is 0 Å². The van der Waals surface area contributed by atoms with Crippen molar-refractivity contribution in [3.63, 3.8) is 0 Å². The fourth-order valence-corrected chi connectivity index (χ4v) is 8.15. The molecular formula is C40H48N4O4. The lowest BCUT2D eigenvalue weighted by Crippen LogP contribution is -2.54. The average Bonchev–Trinajstić information content (AvgIpc) is 3.78. The Morgan fingerprint density at radius 1 is 0.792 bits per heavy atom. The van der Waals surface area contributed by atoms with Crippen LogP contribution in [-0.2, 0) is 19.8 Å². The van der Waals surface area contributed by atoms with E-state index < -0.39 is 23.6 Å². The second-order valence-electron chi connectivity index (χ2n) is 13.6. The summed E-state index contributed by atoms with van der Waals surface area (Å²) in [4.78, 5) is 47.9. The maximum atomic E-state index is 14.6. The van der Waals surface area contributed by atoms with Crippen molar-refractivity contribution in [1.29, 1.82) is 0 Å². The highest BCUT2D eigenvalue weighted by Gasteiger charge is 2.47. The predicted octanol–water partition coefficient (Wildman–Crippen LogP) is 4.38. The molecular weight excluding hydrogens is 600 g/mol. The van der Waals surface area contributed by atoms with Crippen LogP contribution in [-0.4, -0.2) is 95.0 Å². The lowest BCUT2D eigenvalue weighted by molar-refractivity contribution is -0.146. The maximum Gasteiger partial charge on any atom is 0.246 e. The van der Waals surface area contributed by atoms with Gasteiger partial charge in [-0.05, 0) is 54.8 Å². The van der Waals surface area contributed by atoms with Gasteiger partial charge in [-0.15, -0.1) is 6.58 Å². The van der Waals surface area contributed by atoms with Gasteiger partial charge in [-0.2, -0.15) is 0 Å². The van der Waals surface area contributed by atoms with Gasteiger partial charge in [-0.3, -0.25) is 19.3 Å².